The third-order valence-electron chi connectivity index (χ3n) is 7.36. The van der Waals surface area contributed by atoms with Crippen LogP contribution in [0.4, 0.5) is 0 Å². The molecule has 0 fully saturated rings. The van der Waals surface area contributed by atoms with Crippen molar-refractivity contribution in [2.24, 2.45) is 0 Å². The number of nitrogens with zero attached hydrogens (tertiary/aromatic N) is 2. The third-order valence-corrected chi connectivity index (χ3v) is 7.62. The summed E-state index contributed by atoms with van der Waals surface area (Å²) >= 11 is 6.28. The van der Waals surface area contributed by atoms with Crippen LogP contribution in [0.2, 0.25) is 5.02 Å². The number of aromatic nitrogens is 2. The standard InChI is InChI=1S/C34H38ClN3O4/c1-5-8-27(22-9-11-24(12-10-22)34(40)36-20-19-31(39)42-7-3)32(23-13-15-25(35)16-14-23)33-37-29(6-2)28-21-26(41-4)17-18-30(28)38-33/h9-18,21,27,32H,5-8,19-20H2,1-4H3,(H,36,40). The van der Waals surface area contributed by atoms with Crippen molar-refractivity contribution in [3.63, 3.8) is 0 Å². The Balaban J connectivity index is 1.71. The molecule has 2 unspecified atom stereocenters. The molecule has 0 aliphatic heterocycles. The molecule has 1 heterocycles. The molecule has 220 valence electrons. The van der Waals surface area contributed by atoms with Gasteiger partial charge in [0.05, 0.1) is 37.3 Å². The van der Waals surface area contributed by atoms with Gasteiger partial charge >= 0.3 is 5.97 Å². The third kappa shape index (κ3) is 7.45. The molecule has 0 aliphatic carbocycles. The highest BCUT2D eigenvalue weighted by Crippen LogP contribution is 2.41. The average Bonchev–Trinajstić information content (AvgIpc) is 3.01. The molecule has 4 rings (SSSR count). The molecule has 1 aromatic heterocycles. The molecular weight excluding hydrogens is 550 g/mol. The first-order chi connectivity index (χ1) is 20.4. The number of methoxy groups -OCH3 is 1. The minimum Gasteiger partial charge on any atom is -0.497 e. The number of nitrogens with one attached hydrogen (secondary N) is 1. The van der Waals surface area contributed by atoms with Gasteiger partial charge in [0, 0.05) is 22.5 Å². The molecule has 0 radical (unpaired) electrons. The van der Waals surface area contributed by atoms with Crippen LogP contribution in [0.3, 0.4) is 0 Å². The molecule has 7 nitrogen and oxygen atoms in total. The molecule has 0 saturated carbocycles. The molecule has 1 amide bonds. The van der Waals surface area contributed by atoms with E-state index in [2.05, 4.69) is 19.2 Å². The van der Waals surface area contributed by atoms with Gasteiger partial charge in [-0.3, -0.25) is 9.59 Å². The van der Waals surface area contributed by atoms with E-state index in [9.17, 15) is 9.59 Å². The zero-order valence-electron chi connectivity index (χ0n) is 24.7. The lowest BCUT2D eigenvalue weighted by atomic mass is 9.78. The lowest BCUT2D eigenvalue weighted by Gasteiger charge is -2.28. The van der Waals surface area contributed by atoms with E-state index in [0.717, 1.165) is 58.6 Å². The summed E-state index contributed by atoms with van der Waals surface area (Å²) in [6, 6.07) is 21.5. The normalized spacial score (nSPS) is 12.5. The monoisotopic (exact) mass is 587 g/mol. The number of ether oxygens (including phenoxy) is 2. The Hall–Kier alpha value is -3.97. The van der Waals surface area contributed by atoms with Gasteiger partial charge in [0.15, 0.2) is 0 Å². The minimum atomic E-state index is -0.329. The predicted molar refractivity (Wildman–Crippen MR) is 166 cm³/mol. The van der Waals surface area contributed by atoms with Crippen molar-refractivity contribution in [2.75, 3.05) is 20.3 Å². The molecule has 42 heavy (non-hydrogen) atoms. The highest BCUT2D eigenvalue weighted by molar-refractivity contribution is 6.30. The van der Waals surface area contributed by atoms with E-state index in [4.69, 9.17) is 31.0 Å². The van der Waals surface area contributed by atoms with Gasteiger partial charge in [-0.2, -0.15) is 0 Å². The van der Waals surface area contributed by atoms with Crippen molar-refractivity contribution in [2.45, 2.75) is 58.3 Å². The molecule has 0 aliphatic rings. The summed E-state index contributed by atoms with van der Waals surface area (Å²) in [6.07, 6.45) is 2.74. The number of hydrogen-bond donors (Lipinski definition) is 1. The number of carbonyl (C=O) groups excluding carboxylic acids is 2. The van der Waals surface area contributed by atoms with Crippen molar-refractivity contribution >= 4 is 34.4 Å². The van der Waals surface area contributed by atoms with Gasteiger partial charge in [0.1, 0.15) is 11.6 Å². The van der Waals surface area contributed by atoms with Gasteiger partial charge in [-0.25, -0.2) is 9.97 Å². The first-order valence-electron chi connectivity index (χ1n) is 14.5. The van der Waals surface area contributed by atoms with Crippen LogP contribution in [0.5, 0.6) is 5.75 Å². The second kappa shape index (κ2) is 14.8. The number of carbonyl (C=O) groups is 2. The van der Waals surface area contributed by atoms with E-state index >= 15 is 0 Å². The summed E-state index contributed by atoms with van der Waals surface area (Å²) in [7, 11) is 1.66. The maximum absolute atomic E-state index is 12.7. The van der Waals surface area contributed by atoms with Gasteiger partial charge in [-0.15, -0.1) is 0 Å². The van der Waals surface area contributed by atoms with Crippen LogP contribution < -0.4 is 10.1 Å². The largest absolute Gasteiger partial charge is 0.497 e. The van der Waals surface area contributed by atoms with Crippen LogP contribution in [0.25, 0.3) is 10.9 Å². The van der Waals surface area contributed by atoms with Crippen molar-refractivity contribution in [3.8, 4) is 5.75 Å². The highest BCUT2D eigenvalue weighted by Gasteiger charge is 2.29. The summed E-state index contributed by atoms with van der Waals surface area (Å²) in [5, 5.41) is 4.46. The Kier molecular flexibility index (Phi) is 10.9. The van der Waals surface area contributed by atoms with E-state index in [1.165, 1.54) is 0 Å². The molecule has 0 saturated heterocycles. The van der Waals surface area contributed by atoms with Gasteiger partial charge in [0.2, 0.25) is 0 Å². The number of esters is 1. The molecule has 8 heteroatoms. The SMILES string of the molecule is CCCC(c1ccc(C(=O)NCCC(=O)OCC)cc1)C(c1ccc(Cl)cc1)c1nc(CC)c2cc(OC)ccc2n1. The number of rotatable bonds is 13. The molecule has 4 aromatic rings. The average molecular weight is 588 g/mol. The van der Waals surface area contributed by atoms with Crippen LogP contribution in [-0.2, 0) is 16.0 Å². The number of hydrogen-bond acceptors (Lipinski definition) is 6. The van der Waals surface area contributed by atoms with Crippen LogP contribution in [-0.4, -0.2) is 42.1 Å². The lowest BCUT2D eigenvalue weighted by Crippen LogP contribution is -2.26. The lowest BCUT2D eigenvalue weighted by molar-refractivity contribution is -0.142. The minimum absolute atomic E-state index is 0.0532. The second-order valence-corrected chi connectivity index (χ2v) is 10.6. The zero-order chi connectivity index (χ0) is 30.1. The maximum Gasteiger partial charge on any atom is 0.307 e. The van der Waals surface area contributed by atoms with Crippen LogP contribution in [0, 0.1) is 0 Å². The first kappa shape index (κ1) is 31.0. The van der Waals surface area contributed by atoms with Gasteiger partial charge < -0.3 is 14.8 Å². The fourth-order valence-corrected chi connectivity index (χ4v) is 5.42. The molecule has 1 N–H and O–H groups in total. The van der Waals surface area contributed by atoms with E-state index in [0.29, 0.717) is 17.2 Å². The summed E-state index contributed by atoms with van der Waals surface area (Å²) < 4.78 is 10.4. The smallest absolute Gasteiger partial charge is 0.307 e. The fourth-order valence-electron chi connectivity index (χ4n) is 5.29. The summed E-state index contributed by atoms with van der Waals surface area (Å²) in [4.78, 5) is 34.6. The number of halogens is 1. The Labute approximate surface area is 252 Å². The summed E-state index contributed by atoms with van der Waals surface area (Å²) in [5.41, 5.74) is 4.55. The molecule has 3 aromatic carbocycles. The molecular formula is C34H38ClN3O4. The van der Waals surface area contributed by atoms with Gasteiger partial charge in [-0.05, 0) is 79.3 Å². The van der Waals surface area contributed by atoms with Crippen molar-refractivity contribution in [1.29, 1.82) is 0 Å². The number of benzene rings is 3. The second-order valence-electron chi connectivity index (χ2n) is 10.1. The van der Waals surface area contributed by atoms with Crippen molar-refractivity contribution in [3.05, 3.63) is 100.0 Å². The van der Waals surface area contributed by atoms with E-state index < -0.39 is 0 Å². The Bertz CT molecular complexity index is 1510. The van der Waals surface area contributed by atoms with Crippen LogP contribution >= 0.6 is 11.6 Å². The van der Waals surface area contributed by atoms with E-state index in [1.807, 2.05) is 66.7 Å². The molecule has 0 spiro atoms. The van der Waals surface area contributed by atoms with Crippen molar-refractivity contribution < 1.29 is 19.1 Å². The molecule has 2 atom stereocenters. The Morgan fingerprint density at radius 2 is 1.64 bits per heavy atom. The van der Waals surface area contributed by atoms with E-state index in [1.54, 1.807) is 14.0 Å². The molecule has 0 bridgehead atoms. The first-order valence-corrected chi connectivity index (χ1v) is 14.9. The van der Waals surface area contributed by atoms with Gasteiger partial charge in [0.25, 0.3) is 5.91 Å². The number of amides is 1. The van der Waals surface area contributed by atoms with Gasteiger partial charge in [-0.1, -0.05) is 56.1 Å². The predicted octanol–water partition coefficient (Wildman–Crippen LogP) is 7.25. The number of aryl methyl sites for hydroxylation is 1. The maximum atomic E-state index is 12.7. The van der Waals surface area contributed by atoms with Crippen molar-refractivity contribution in [1.82, 2.24) is 15.3 Å². The quantitative estimate of drug-likeness (QED) is 0.166. The fraction of sp³-hybridized carbons (Fsp3) is 0.353. The van der Waals surface area contributed by atoms with E-state index in [-0.39, 0.29) is 36.7 Å². The topological polar surface area (TPSA) is 90.4 Å². The highest BCUT2D eigenvalue weighted by atomic mass is 35.5. The Morgan fingerprint density at radius 1 is 0.929 bits per heavy atom. The zero-order valence-corrected chi connectivity index (χ0v) is 25.4. The Morgan fingerprint density at radius 3 is 2.29 bits per heavy atom. The summed E-state index contributed by atoms with van der Waals surface area (Å²) in [6.45, 7) is 6.57. The van der Waals surface area contributed by atoms with Crippen LogP contribution in [0.15, 0.2) is 66.7 Å². The van der Waals surface area contributed by atoms with Crippen LogP contribution in [0.1, 0.15) is 84.9 Å². The number of fused-ring (bicyclic) bond motifs is 1. The summed E-state index contributed by atoms with van der Waals surface area (Å²) in [5.74, 6) is 0.890.